The molecular weight excluding hydrogens is 895 g/mol. The number of hydrogen-bond acceptors (Lipinski definition) is 0. The van der Waals surface area contributed by atoms with Gasteiger partial charge >= 0.3 is 379 Å². The molecule has 8 rings (SSSR count). The second-order valence-corrected chi connectivity index (χ2v) is 74.9. The van der Waals surface area contributed by atoms with Crippen LogP contribution < -0.4 is 10.4 Å². The van der Waals surface area contributed by atoms with Gasteiger partial charge in [0.2, 0.25) is 0 Å². The number of benzene rings is 4. The standard InChI is InChI=1S/2C26H33Si.C2H7Si.2ClH.Zr/c2*1-19-10-15-24(22-11-13-23(14-12-22)27(2,3)4)26-18-21(17-25(19)26)16-20-8-6-5-7-9-20;1-3-2;;;/h2*10-15,17-18,20H,5-9,16H2,1-4H3;3H,1-2H3;2*1H;/q;;;;;+2/p-2. The van der Waals surface area contributed by atoms with E-state index in [-0.39, 0.29) is 7.25 Å². The first-order valence-corrected chi connectivity index (χ1v) is 47.1. The van der Waals surface area contributed by atoms with Crippen LogP contribution in [0.5, 0.6) is 0 Å². The molecule has 0 heterocycles. The van der Waals surface area contributed by atoms with E-state index in [1.54, 1.807) is 11.1 Å². The first kappa shape index (κ1) is 45.1. The Labute approximate surface area is 375 Å². The first-order valence-electron chi connectivity index (χ1n) is 23.8. The van der Waals surface area contributed by atoms with Crippen LogP contribution in [0, 0.1) is 25.7 Å². The van der Waals surface area contributed by atoms with E-state index in [1.807, 2.05) is 0 Å². The first-order chi connectivity index (χ1) is 28.4. The zero-order chi connectivity index (χ0) is 42.8. The Balaban J connectivity index is 1.35. The van der Waals surface area contributed by atoms with E-state index < -0.39 is 37.6 Å². The van der Waals surface area contributed by atoms with Crippen molar-refractivity contribution in [1.82, 2.24) is 0 Å². The summed E-state index contributed by atoms with van der Waals surface area (Å²) in [4.78, 5) is 0. The number of aryl methyl sites for hydroxylation is 2. The van der Waals surface area contributed by atoms with Gasteiger partial charge < -0.3 is 0 Å². The Hall–Kier alpha value is -1.53. The van der Waals surface area contributed by atoms with Crippen LogP contribution in [-0.4, -0.2) is 22.1 Å². The molecule has 60 heavy (non-hydrogen) atoms. The summed E-state index contributed by atoms with van der Waals surface area (Å²) in [7, 11) is 15.7. The number of rotatable bonds is 11. The van der Waals surface area contributed by atoms with Crippen LogP contribution in [0.3, 0.4) is 0 Å². The van der Waals surface area contributed by atoms with Gasteiger partial charge in [-0.2, -0.15) is 0 Å². The van der Waals surface area contributed by atoms with Gasteiger partial charge in [0.25, 0.3) is 0 Å². The fourth-order valence-electron chi connectivity index (χ4n) is 12.2. The molecular formula is C54H73Cl2Si3Zr. The predicted molar refractivity (Wildman–Crippen MR) is 274 cm³/mol. The summed E-state index contributed by atoms with van der Waals surface area (Å²) in [5.74, 6) is -0.310. The van der Waals surface area contributed by atoms with Gasteiger partial charge in [0.1, 0.15) is 0 Å². The summed E-state index contributed by atoms with van der Waals surface area (Å²) in [6, 6.07) is 29.0. The number of allylic oxidation sites excluding steroid dienone is 2. The SMILES string of the molecule is Cc1ccc(-c2ccc([Si](C)(C)C)cc2)c2c1[CH]([Zr]([Cl])([Cl])([CH]1C(CC3CCCCC3)=Cc3c(-c4ccc([Si](C)(C)C)cc4)ccc(C)c31)[SiH](C)C)C(CC1CCCCC1)=C2. The molecule has 4 aliphatic carbocycles. The summed E-state index contributed by atoms with van der Waals surface area (Å²) in [6.45, 7) is 24.6. The molecule has 0 aliphatic heterocycles. The molecule has 0 spiro atoms. The van der Waals surface area contributed by atoms with Gasteiger partial charge in [0.05, 0.1) is 0 Å². The van der Waals surface area contributed by atoms with E-state index in [0.717, 1.165) is 12.8 Å². The summed E-state index contributed by atoms with van der Waals surface area (Å²) in [6.07, 6.45) is 21.1. The zero-order valence-electron chi connectivity index (χ0n) is 38.7. The summed E-state index contributed by atoms with van der Waals surface area (Å²) >= 11 is -5.08. The van der Waals surface area contributed by atoms with Crippen molar-refractivity contribution < 1.29 is 15.6 Å². The molecule has 0 N–H and O–H groups in total. The molecule has 4 aromatic rings. The van der Waals surface area contributed by atoms with E-state index in [2.05, 4.69) is 151 Å². The van der Waals surface area contributed by atoms with Gasteiger partial charge in [-0.15, -0.1) is 0 Å². The van der Waals surface area contributed by atoms with Crippen LogP contribution in [0.15, 0.2) is 83.9 Å². The minimum absolute atomic E-state index is 0.129. The van der Waals surface area contributed by atoms with Gasteiger partial charge in [0.15, 0.2) is 0 Å². The summed E-state index contributed by atoms with van der Waals surface area (Å²) in [5, 5.41) is 3.03. The molecule has 2 fully saturated rings. The maximum atomic E-state index is 9.27. The Morgan fingerprint density at radius 2 is 0.867 bits per heavy atom. The third-order valence-electron chi connectivity index (χ3n) is 15.8. The zero-order valence-corrected chi connectivity index (χ0v) is 45.8. The molecule has 0 amide bonds. The number of fused-ring (bicyclic) bond motifs is 2. The maximum absolute atomic E-state index is 9.27. The quantitative estimate of drug-likeness (QED) is 0.131. The van der Waals surface area contributed by atoms with Gasteiger partial charge in [-0.3, -0.25) is 0 Å². The van der Waals surface area contributed by atoms with Crippen LogP contribution in [0.4, 0.5) is 0 Å². The Kier molecular flexibility index (Phi) is 12.9. The molecule has 4 aromatic carbocycles. The molecule has 0 saturated heterocycles. The second-order valence-electron chi connectivity index (χ2n) is 22.3. The van der Waals surface area contributed by atoms with Gasteiger partial charge in [0, 0.05) is 0 Å². The second kappa shape index (κ2) is 17.1. The van der Waals surface area contributed by atoms with Crippen molar-refractivity contribution >= 4 is 61.6 Å². The van der Waals surface area contributed by atoms with E-state index in [0.29, 0.717) is 11.8 Å². The average Bonchev–Trinajstić information content (AvgIpc) is 3.80. The van der Waals surface area contributed by atoms with E-state index in [1.165, 1.54) is 130 Å². The van der Waals surface area contributed by atoms with Crippen molar-refractivity contribution in [2.75, 3.05) is 0 Å². The topological polar surface area (TPSA) is 0 Å². The fourth-order valence-corrected chi connectivity index (χ4v) is 46.0. The van der Waals surface area contributed by atoms with Crippen molar-refractivity contribution in [2.45, 2.75) is 151 Å². The Bertz CT molecular complexity index is 2140. The van der Waals surface area contributed by atoms with Crippen molar-refractivity contribution in [1.29, 1.82) is 0 Å². The van der Waals surface area contributed by atoms with E-state index in [4.69, 9.17) is 0 Å². The van der Waals surface area contributed by atoms with Crippen LogP contribution >= 0.6 is 17.0 Å². The third-order valence-corrected chi connectivity index (χ3v) is 71.7. The van der Waals surface area contributed by atoms with Crippen molar-refractivity contribution in [3.8, 4) is 22.3 Å². The van der Waals surface area contributed by atoms with Crippen LogP contribution in [-0.2, 0) is 15.6 Å². The van der Waals surface area contributed by atoms with Gasteiger partial charge in [-0.05, 0) is 0 Å². The molecule has 2 saturated carbocycles. The molecule has 319 valence electrons. The third kappa shape index (κ3) is 8.33. The molecule has 2 atom stereocenters. The van der Waals surface area contributed by atoms with Crippen LogP contribution in [0.25, 0.3) is 34.4 Å². The van der Waals surface area contributed by atoms with Crippen LogP contribution in [0.2, 0.25) is 52.4 Å². The molecule has 0 radical (unpaired) electrons. The van der Waals surface area contributed by atoms with Crippen molar-refractivity contribution in [3.63, 3.8) is 0 Å². The number of halogens is 2. The minimum atomic E-state index is -5.08. The van der Waals surface area contributed by atoms with Gasteiger partial charge in [-0.1, -0.05) is 0 Å². The molecule has 0 nitrogen and oxygen atoms in total. The molecule has 0 aromatic heterocycles. The molecule has 4 aliphatic rings. The predicted octanol–water partition coefficient (Wildman–Crippen LogP) is 16.2. The van der Waals surface area contributed by atoms with Gasteiger partial charge in [-0.25, -0.2) is 0 Å². The number of hydrogen-bond donors (Lipinski definition) is 0. The Morgan fingerprint density at radius 3 is 1.18 bits per heavy atom. The normalized spacial score (nSPS) is 21.1. The fraction of sp³-hybridized carbons (Fsp3) is 0.481. The average molecular weight is 969 g/mol. The molecule has 2 unspecified atom stereocenters. The van der Waals surface area contributed by atoms with E-state index >= 15 is 0 Å². The molecule has 0 bridgehead atoms. The molecule has 6 heteroatoms. The summed E-state index contributed by atoms with van der Waals surface area (Å²) in [5.41, 5.74) is 17.1. The van der Waals surface area contributed by atoms with Crippen LogP contribution in [0.1, 0.15) is 118 Å². The van der Waals surface area contributed by atoms with E-state index in [9.17, 15) is 17.0 Å². The van der Waals surface area contributed by atoms with Crippen molar-refractivity contribution in [3.05, 3.63) is 117 Å². The summed E-state index contributed by atoms with van der Waals surface area (Å²) < 4.78 is 0.258. The monoisotopic (exact) mass is 965 g/mol. The Morgan fingerprint density at radius 1 is 0.517 bits per heavy atom. The van der Waals surface area contributed by atoms with Crippen molar-refractivity contribution in [2.24, 2.45) is 11.8 Å².